The van der Waals surface area contributed by atoms with Crippen molar-refractivity contribution in [2.45, 2.75) is 18.6 Å². The highest BCUT2D eigenvalue weighted by Crippen LogP contribution is 2.16. The summed E-state index contributed by atoms with van der Waals surface area (Å²) >= 11 is 0. The van der Waals surface area contributed by atoms with E-state index in [0.717, 1.165) is 0 Å². The smallest absolute Gasteiger partial charge is 0.233 e. The Morgan fingerprint density at radius 2 is 2.38 bits per heavy atom. The third kappa shape index (κ3) is 2.65. The van der Waals surface area contributed by atoms with Gasteiger partial charge in [0.25, 0.3) is 0 Å². The number of amides is 1. The number of carbonyl (C=O) groups excluding carboxylic acids is 1. The largest absolute Gasteiger partial charge is 0.395 e. The van der Waals surface area contributed by atoms with Gasteiger partial charge in [-0.15, -0.1) is 0 Å². The molecular formula is C8H16N2O3. The minimum atomic E-state index is -0.415. The zero-order valence-corrected chi connectivity index (χ0v) is 7.73. The summed E-state index contributed by atoms with van der Waals surface area (Å²) < 4.78 is 0. The molecule has 76 valence electrons. The van der Waals surface area contributed by atoms with E-state index in [9.17, 15) is 9.90 Å². The van der Waals surface area contributed by atoms with Crippen molar-refractivity contribution < 1.29 is 15.0 Å². The number of likely N-dealkylation sites (N-methyl/N-ethyl adjacent to an activating group) is 1. The van der Waals surface area contributed by atoms with E-state index >= 15 is 0 Å². The lowest BCUT2D eigenvalue weighted by molar-refractivity contribution is -0.122. The summed E-state index contributed by atoms with van der Waals surface area (Å²) in [4.78, 5) is 12.8. The lowest BCUT2D eigenvalue weighted by Gasteiger charge is -2.20. The van der Waals surface area contributed by atoms with E-state index in [-0.39, 0.29) is 25.1 Å². The van der Waals surface area contributed by atoms with Crippen LogP contribution in [0.5, 0.6) is 0 Å². The maximum absolute atomic E-state index is 11.0. The van der Waals surface area contributed by atoms with Crippen LogP contribution < -0.4 is 5.32 Å². The van der Waals surface area contributed by atoms with Crippen LogP contribution in [0, 0.1) is 0 Å². The Hall–Kier alpha value is -0.650. The number of carbonyl (C=O) groups is 1. The molecule has 0 unspecified atom stereocenters. The standard InChI is InChI=1S/C8H16N2O3/c1-9-8(13)4-10-3-7(12)2-6(10)5-11/h6-7,11-12H,2-5H2,1H3,(H,9,13)/t6-,7-/m0/s1. The lowest BCUT2D eigenvalue weighted by Crippen LogP contribution is -2.40. The summed E-state index contributed by atoms with van der Waals surface area (Å²) in [6, 6.07) is -0.0766. The SMILES string of the molecule is CNC(=O)CN1C[C@@H](O)C[C@H]1CO. The van der Waals surface area contributed by atoms with Gasteiger partial charge in [0.15, 0.2) is 0 Å². The lowest BCUT2D eigenvalue weighted by atomic mass is 10.2. The Bertz CT molecular complexity index is 186. The second-order valence-electron chi connectivity index (χ2n) is 3.33. The van der Waals surface area contributed by atoms with Crippen LogP contribution in [-0.2, 0) is 4.79 Å². The minimum Gasteiger partial charge on any atom is -0.395 e. The third-order valence-corrected chi connectivity index (χ3v) is 2.34. The van der Waals surface area contributed by atoms with Gasteiger partial charge in [-0.3, -0.25) is 9.69 Å². The van der Waals surface area contributed by atoms with Crippen LogP contribution >= 0.6 is 0 Å². The number of rotatable bonds is 3. The van der Waals surface area contributed by atoms with Crippen molar-refractivity contribution in [1.29, 1.82) is 0 Å². The average molecular weight is 188 g/mol. The predicted molar refractivity (Wildman–Crippen MR) is 47.1 cm³/mol. The van der Waals surface area contributed by atoms with E-state index in [2.05, 4.69) is 5.32 Å². The van der Waals surface area contributed by atoms with Crippen molar-refractivity contribution in [3.63, 3.8) is 0 Å². The molecule has 1 aliphatic heterocycles. The first-order chi connectivity index (χ1) is 6.17. The topological polar surface area (TPSA) is 72.8 Å². The van der Waals surface area contributed by atoms with Crippen LogP contribution in [0.1, 0.15) is 6.42 Å². The van der Waals surface area contributed by atoms with E-state index in [1.807, 2.05) is 0 Å². The van der Waals surface area contributed by atoms with Gasteiger partial charge in [0.05, 0.1) is 19.3 Å². The molecule has 1 amide bonds. The molecule has 0 bridgehead atoms. The molecule has 0 aromatic heterocycles. The molecular weight excluding hydrogens is 172 g/mol. The Balaban J connectivity index is 2.43. The van der Waals surface area contributed by atoms with E-state index < -0.39 is 6.10 Å². The number of hydrogen-bond acceptors (Lipinski definition) is 4. The highest BCUT2D eigenvalue weighted by atomic mass is 16.3. The fourth-order valence-corrected chi connectivity index (χ4v) is 1.60. The monoisotopic (exact) mass is 188 g/mol. The summed E-state index contributed by atoms with van der Waals surface area (Å²) in [5.74, 6) is -0.0902. The van der Waals surface area contributed by atoms with Crippen molar-refractivity contribution in [3.8, 4) is 0 Å². The van der Waals surface area contributed by atoms with Gasteiger partial charge < -0.3 is 15.5 Å². The molecule has 5 nitrogen and oxygen atoms in total. The summed E-state index contributed by atoms with van der Waals surface area (Å²) in [7, 11) is 1.57. The maximum Gasteiger partial charge on any atom is 0.233 e. The van der Waals surface area contributed by atoms with Crippen LogP contribution in [0.3, 0.4) is 0 Å². The fraction of sp³-hybridized carbons (Fsp3) is 0.875. The van der Waals surface area contributed by atoms with E-state index in [4.69, 9.17) is 5.11 Å². The van der Waals surface area contributed by atoms with Crippen LogP contribution in [0.15, 0.2) is 0 Å². The molecule has 2 atom stereocenters. The molecule has 1 fully saturated rings. The molecule has 0 radical (unpaired) electrons. The zero-order valence-electron chi connectivity index (χ0n) is 7.73. The summed E-state index contributed by atoms with van der Waals surface area (Å²) in [6.07, 6.45) is 0.134. The van der Waals surface area contributed by atoms with Crippen LogP contribution in [-0.4, -0.2) is 59.9 Å². The van der Waals surface area contributed by atoms with Crippen molar-refractivity contribution >= 4 is 5.91 Å². The van der Waals surface area contributed by atoms with Gasteiger partial charge in [0.2, 0.25) is 5.91 Å². The summed E-state index contributed by atoms with van der Waals surface area (Å²) in [5.41, 5.74) is 0. The van der Waals surface area contributed by atoms with Crippen molar-refractivity contribution in [3.05, 3.63) is 0 Å². The Morgan fingerprint density at radius 3 is 2.92 bits per heavy atom. The number of likely N-dealkylation sites (tertiary alicyclic amines) is 1. The first-order valence-electron chi connectivity index (χ1n) is 4.41. The number of hydrogen-bond donors (Lipinski definition) is 3. The third-order valence-electron chi connectivity index (χ3n) is 2.34. The molecule has 0 spiro atoms. The first-order valence-corrected chi connectivity index (χ1v) is 4.41. The summed E-state index contributed by atoms with van der Waals surface area (Å²) in [6.45, 7) is 0.714. The Labute approximate surface area is 77.3 Å². The van der Waals surface area contributed by atoms with Gasteiger partial charge in [0.1, 0.15) is 0 Å². The molecule has 1 saturated heterocycles. The predicted octanol–water partition coefficient (Wildman–Crippen LogP) is -1.84. The molecule has 0 aliphatic carbocycles. The van der Waals surface area contributed by atoms with Crippen molar-refractivity contribution in [1.82, 2.24) is 10.2 Å². The van der Waals surface area contributed by atoms with Crippen molar-refractivity contribution in [2.24, 2.45) is 0 Å². The number of nitrogens with zero attached hydrogens (tertiary/aromatic N) is 1. The van der Waals surface area contributed by atoms with Gasteiger partial charge in [-0.25, -0.2) is 0 Å². The quantitative estimate of drug-likeness (QED) is 0.486. The molecule has 1 heterocycles. The van der Waals surface area contributed by atoms with Gasteiger partial charge in [-0.1, -0.05) is 0 Å². The van der Waals surface area contributed by atoms with E-state index in [0.29, 0.717) is 13.0 Å². The number of aliphatic hydroxyl groups excluding tert-OH is 2. The molecule has 1 aliphatic rings. The van der Waals surface area contributed by atoms with Crippen LogP contribution in [0.2, 0.25) is 0 Å². The minimum absolute atomic E-state index is 0.00590. The van der Waals surface area contributed by atoms with E-state index in [1.165, 1.54) is 0 Å². The molecule has 13 heavy (non-hydrogen) atoms. The van der Waals surface area contributed by atoms with E-state index in [1.54, 1.807) is 11.9 Å². The van der Waals surface area contributed by atoms with Crippen molar-refractivity contribution in [2.75, 3.05) is 26.7 Å². The fourth-order valence-electron chi connectivity index (χ4n) is 1.60. The average Bonchev–Trinajstić information content (AvgIpc) is 2.46. The second-order valence-corrected chi connectivity index (χ2v) is 3.33. The molecule has 0 saturated carbocycles. The van der Waals surface area contributed by atoms with Crippen LogP contribution in [0.25, 0.3) is 0 Å². The molecule has 3 N–H and O–H groups in total. The highest BCUT2D eigenvalue weighted by molar-refractivity contribution is 5.77. The normalized spacial score (nSPS) is 29.2. The number of nitrogens with one attached hydrogen (secondary N) is 1. The molecule has 5 heteroatoms. The molecule has 0 aromatic rings. The van der Waals surface area contributed by atoms with Crippen LogP contribution in [0.4, 0.5) is 0 Å². The Morgan fingerprint density at radius 1 is 1.69 bits per heavy atom. The first kappa shape index (κ1) is 10.4. The van der Waals surface area contributed by atoms with Gasteiger partial charge in [-0.2, -0.15) is 0 Å². The Kier molecular flexibility index (Phi) is 3.65. The number of aliphatic hydroxyl groups is 2. The van der Waals surface area contributed by atoms with Gasteiger partial charge in [0, 0.05) is 19.6 Å². The van der Waals surface area contributed by atoms with Gasteiger partial charge in [-0.05, 0) is 6.42 Å². The number of β-amino-alcohol motifs (C(OH)–C–C–N with tert-alkyl or cyclic N) is 1. The highest BCUT2D eigenvalue weighted by Gasteiger charge is 2.31. The van der Waals surface area contributed by atoms with Gasteiger partial charge >= 0.3 is 0 Å². The summed E-state index contributed by atoms with van der Waals surface area (Å²) in [5, 5.41) is 20.8. The second kappa shape index (κ2) is 4.55. The molecule has 0 aromatic carbocycles. The molecule has 1 rings (SSSR count). The zero-order chi connectivity index (χ0) is 9.84. The maximum atomic E-state index is 11.0.